The minimum Gasteiger partial charge on any atom is -0.0988 e. The highest BCUT2D eigenvalue weighted by Crippen LogP contribution is 2.05. The summed E-state index contributed by atoms with van der Waals surface area (Å²) >= 11 is 0. The van der Waals surface area contributed by atoms with Crippen molar-refractivity contribution in [2.24, 2.45) is 0 Å². The Kier molecular flexibility index (Phi) is 4.65. The summed E-state index contributed by atoms with van der Waals surface area (Å²) in [6.45, 7) is 11.7. The van der Waals surface area contributed by atoms with Gasteiger partial charge in [-0.1, -0.05) is 43.4 Å². The SMILES string of the molecule is C=CC(=C)C/C=C(\C)CC. The van der Waals surface area contributed by atoms with Crippen LogP contribution in [0.15, 0.2) is 36.5 Å². The second kappa shape index (κ2) is 5.04. The molecule has 0 saturated carbocycles. The lowest BCUT2D eigenvalue weighted by Crippen LogP contribution is -1.74. The van der Waals surface area contributed by atoms with E-state index in [4.69, 9.17) is 0 Å². The summed E-state index contributed by atoms with van der Waals surface area (Å²) in [5.74, 6) is 0. The fourth-order valence-electron chi connectivity index (χ4n) is 0.533. The fraction of sp³-hybridized carbons (Fsp3) is 0.400. The third-order valence-electron chi connectivity index (χ3n) is 1.56. The third kappa shape index (κ3) is 4.13. The Morgan fingerprint density at radius 1 is 1.50 bits per heavy atom. The van der Waals surface area contributed by atoms with Crippen molar-refractivity contribution in [3.05, 3.63) is 36.5 Å². The van der Waals surface area contributed by atoms with Gasteiger partial charge in [-0.2, -0.15) is 0 Å². The van der Waals surface area contributed by atoms with Crippen LogP contribution in [-0.4, -0.2) is 0 Å². The van der Waals surface area contributed by atoms with E-state index in [0.29, 0.717) is 0 Å². The van der Waals surface area contributed by atoms with Gasteiger partial charge >= 0.3 is 0 Å². The number of hydrogen-bond acceptors (Lipinski definition) is 0. The van der Waals surface area contributed by atoms with E-state index in [9.17, 15) is 0 Å². The van der Waals surface area contributed by atoms with Gasteiger partial charge in [0.25, 0.3) is 0 Å². The highest BCUT2D eigenvalue weighted by molar-refractivity contribution is 5.16. The molecule has 0 aromatic rings. The quantitative estimate of drug-likeness (QED) is 0.410. The Balaban J connectivity index is 3.71. The van der Waals surface area contributed by atoms with Crippen LogP contribution in [0.25, 0.3) is 0 Å². The van der Waals surface area contributed by atoms with Gasteiger partial charge in [-0.15, -0.1) is 0 Å². The first-order chi connectivity index (χ1) is 4.70. The molecule has 0 amide bonds. The van der Waals surface area contributed by atoms with E-state index in [2.05, 4.69) is 33.1 Å². The molecular weight excluding hydrogens is 120 g/mol. The van der Waals surface area contributed by atoms with Crippen molar-refractivity contribution < 1.29 is 0 Å². The Bertz CT molecular complexity index is 149. The molecular formula is C10H16. The molecule has 0 atom stereocenters. The molecule has 0 spiro atoms. The van der Waals surface area contributed by atoms with E-state index in [1.165, 1.54) is 5.57 Å². The molecule has 0 aliphatic heterocycles. The van der Waals surface area contributed by atoms with E-state index >= 15 is 0 Å². The van der Waals surface area contributed by atoms with Gasteiger partial charge < -0.3 is 0 Å². The summed E-state index contributed by atoms with van der Waals surface area (Å²) in [6.07, 6.45) is 6.08. The largest absolute Gasteiger partial charge is 0.0988 e. The van der Waals surface area contributed by atoms with E-state index in [-0.39, 0.29) is 0 Å². The summed E-state index contributed by atoms with van der Waals surface area (Å²) in [5.41, 5.74) is 2.51. The number of hydrogen-bond donors (Lipinski definition) is 0. The van der Waals surface area contributed by atoms with Gasteiger partial charge in [0, 0.05) is 0 Å². The van der Waals surface area contributed by atoms with Gasteiger partial charge in [-0.05, 0) is 19.8 Å². The average Bonchev–Trinajstić information content (AvgIpc) is 1.99. The third-order valence-corrected chi connectivity index (χ3v) is 1.56. The van der Waals surface area contributed by atoms with Crippen molar-refractivity contribution in [1.82, 2.24) is 0 Å². The first kappa shape index (κ1) is 9.22. The lowest BCUT2D eigenvalue weighted by Gasteiger charge is -1.95. The highest BCUT2D eigenvalue weighted by Gasteiger charge is 1.84. The first-order valence-electron chi connectivity index (χ1n) is 3.66. The Labute approximate surface area is 64.0 Å². The van der Waals surface area contributed by atoms with E-state index in [0.717, 1.165) is 18.4 Å². The zero-order valence-corrected chi connectivity index (χ0v) is 6.98. The van der Waals surface area contributed by atoms with Crippen molar-refractivity contribution in [2.75, 3.05) is 0 Å². The van der Waals surface area contributed by atoms with E-state index in [1.54, 1.807) is 6.08 Å². The molecule has 0 aromatic carbocycles. The summed E-state index contributed by atoms with van der Waals surface area (Å²) in [6, 6.07) is 0. The lowest BCUT2D eigenvalue weighted by molar-refractivity contribution is 1.07. The molecule has 0 aliphatic carbocycles. The van der Waals surface area contributed by atoms with Crippen LogP contribution in [0.4, 0.5) is 0 Å². The predicted octanol–water partition coefficient (Wildman–Crippen LogP) is 3.48. The van der Waals surface area contributed by atoms with Crippen LogP contribution in [0.1, 0.15) is 26.7 Å². The van der Waals surface area contributed by atoms with Gasteiger partial charge in [0.1, 0.15) is 0 Å². The predicted molar refractivity (Wildman–Crippen MR) is 48.0 cm³/mol. The van der Waals surface area contributed by atoms with Crippen molar-refractivity contribution in [3.63, 3.8) is 0 Å². The summed E-state index contributed by atoms with van der Waals surface area (Å²) in [7, 11) is 0. The number of rotatable bonds is 4. The van der Waals surface area contributed by atoms with Crippen LogP contribution >= 0.6 is 0 Å². The first-order valence-corrected chi connectivity index (χ1v) is 3.66. The molecule has 0 radical (unpaired) electrons. The zero-order valence-electron chi connectivity index (χ0n) is 6.98. The lowest BCUT2D eigenvalue weighted by atomic mass is 10.1. The van der Waals surface area contributed by atoms with Gasteiger partial charge in [-0.25, -0.2) is 0 Å². The Morgan fingerprint density at radius 2 is 2.10 bits per heavy atom. The van der Waals surface area contributed by atoms with Gasteiger partial charge in [0.2, 0.25) is 0 Å². The Morgan fingerprint density at radius 3 is 2.50 bits per heavy atom. The normalized spacial score (nSPS) is 11.2. The van der Waals surface area contributed by atoms with Crippen LogP contribution in [0.2, 0.25) is 0 Å². The Hall–Kier alpha value is -0.780. The molecule has 0 unspecified atom stereocenters. The molecule has 0 saturated heterocycles. The second-order valence-corrected chi connectivity index (χ2v) is 2.47. The molecule has 0 nitrogen and oxygen atoms in total. The number of allylic oxidation sites excluding steroid dienone is 4. The maximum absolute atomic E-state index is 3.82. The van der Waals surface area contributed by atoms with Crippen molar-refractivity contribution in [2.45, 2.75) is 26.7 Å². The van der Waals surface area contributed by atoms with Crippen LogP contribution in [-0.2, 0) is 0 Å². The molecule has 0 rings (SSSR count). The van der Waals surface area contributed by atoms with E-state index in [1.807, 2.05) is 0 Å². The summed E-state index contributed by atoms with van der Waals surface area (Å²) in [5, 5.41) is 0. The van der Waals surface area contributed by atoms with Crippen LogP contribution in [0.5, 0.6) is 0 Å². The smallest absolute Gasteiger partial charge is 0.0101 e. The highest BCUT2D eigenvalue weighted by atomic mass is 13.9. The summed E-state index contributed by atoms with van der Waals surface area (Å²) < 4.78 is 0. The second-order valence-electron chi connectivity index (χ2n) is 2.47. The maximum Gasteiger partial charge on any atom is -0.0101 e. The maximum atomic E-state index is 3.82. The minimum atomic E-state index is 0.948. The molecule has 0 heteroatoms. The monoisotopic (exact) mass is 136 g/mol. The van der Waals surface area contributed by atoms with Crippen molar-refractivity contribution >= 4 is 0 Å². The minimum absolute atomic E-state index is 0.948. The molecule has 0 aromatic heterocycles. The van der Waals surface area contributed by atoms with Gasteiger partial charge in [0.05, 0.1) is 0 Å². The molecule has 0 bridgehead atoms. The molecule has 0 aliphatic rings. The zero-order chi connectivity index (χ0) is 7.98. The van der Waals surface area contributed by atoms with Gasteiger partial charge in [-0.3, -0.25) is 0 Å². The van der Waals surface area contributed by atoms with Crippen LogP contribution in [0.3, 0.4) is 0 Å². The molecule has 0 fully saturated rings. The summed E-state index contributed by atoms with van der Waals surface area (Å²) in [4.78, 5) is 0. The molecule has 10 heavy (non-hydrogen) atoms. The fourth-order valence-corrected chi connectivity index (χ4v) is 0.533. The van der Waals surface area contributed by atoms with Crippen molar-refractivity contribution in [3.8, 4) is 0 Å². The topological polar surface area (TPSA) is 0 Å². The molecule has 56 valence electrons. The average molecular weight is 136 g/mol. The van der Waals surface area contributed by atoms with Crippen molar-refractivity contribution in [1.29, 1.82) is 0 Å². The molecule has 0 heterocycles. The van der Waals surface area contributed by atoms with Crippen LogP contribution < -0.4 is 0 Å². The van der Waals surface area contributed by atoms with E-state index < -0.39 is 0 Å². The van der Waals surface area contributed by atoms with Crippen LogP contribution in [0, 0.1) is 0 Å². The standard InChI is InChI=1S/C10H16/c1-5-9(3)7-8-10(4)6-2/h5,8H,1,3,6-7H2,2,4H3/b10-8+. The van der Waals surface area contributed by atoms with Gasteiger partial charge in [0.15, 0.2) is 0 Å². The molecule has 0 N–H and O–H groups in total.